The number of H-pyrrole nitrogens is 1. The van der Waals surface area contributed by atoms with Crippen LogP contribution in [0.5, 0.6) is 5.75 Å². The van der Waals surface area contributed by atoms with Gasteiger partial charge in [-0.2, -0.15) is 0 Å². The first-order valence-electron chi connectivity index (χ1n) is 9.12. The standard InChI is InChI=1S/C23H16N4O2/c1-29-18-13-25-23-21(22(18)28)26-20(19(27-23)14-6-3-2-4-7-14)16-9-10-17-15(12-16)8-5-11-24-17/h2-13H,1H3,(H,25,27,28). The molecule has 0 saturated heterocycles. The number of pyridine rings is 2. The molecule has 0 aliphatic rings. The number of nitrogens with zero attached hydrogens (tertiary/aromatic N) is 3. The van der Waals surface area contributed by atoms with Crippen LogP contribution < -0.4 is 10.2 Å². The van der Waals surface area contributed by atoms with Gasteiger partial charge in [0.25, 0.3) is 5.43 Å². The summed E-state index contributed by atoms with van der Waals surface area (Å²) in [6.45, 7) is 0. The molecule has 6 heteroatoms. The largest absolute Gasteiger partial charge is 0.491 e. The molecule has 6 nitrogen and oxygen atoms in total. The van der Waals surface area contributed by atoms with E-state index in [1.807, 2.05) is 60.7 Å². The van der Waals surface area contributed by atoms with Gasteiger partial charge in [0.05, 0.1) is 24.0 Å². The van der Waals surface area contributed by atoms with Crippen LogP contribution in [0.25, 0.3) is 44.6 Å². The summed E-state index contributed by atoms with van der Waals surface area (Å²) in [4.78, 5) is 29.6. The highest BCUT2D eigenvalue weighted by Gasteiger charge is 2.17. The fraction of sp³-hybridized carbons (Fsp3) is 0.0435. The summed E-state index contributed by atoms with van der Waals surface area (Å²) in [5, 5.41) is 0.991. The van der Waals surface area contributed by atoms with Crippen molar-refractivity contribution in [2.45, 2.75) is 0 Å². The summed E-state index contributed by atoms with van der Waals surface area (Å²) in [7, 11) is 1.46. The van der Waals surface area contributed by atoms with E-state index < -0.39 is 0 Å². The van der Waals surface area contributed by atoms with E-state index in [4.69, 9.17) is 14.7 Å². The smallest absolute Gasteiger partial charge is 0.251 e. The van der Waals surface area contributed by atoms with Crippen molar-refractivity contribution in [3.8, 4) is 28.3 Å². The number of hydrogen-bond donors (Lipinski definition) is 1. The van der Waals surface area contributed by atoms with Gasteiger partial charge >= 0.3 is 0 Å². The second-order valence-electron chi connectivity index (χ2n) is 6.58. The highest BCUT2D eigenvalue weighted by Crippen LogP contribution is 2.31. The topological polar surface area (TPSA) is 80.8 Å². The van der Waals surface area contributed by atoms with Crippen molar-refractivity contribution in [1.29, 1.82) is 0 Å². The lowest BCUT2D eigenvalue weighted by Gasteiger charge is -2.11. The Balaban J connectivity index is 1.85. The molecule has 0 unspecified atom stereocenters. The molecule has 0 spiro atoms. The molecule has 2 aromatic carbocycles. The first-order valence-corrected chi connectivity index (χ1v) is 9.12. The van der Waals surface area contributed by atoms with Gasteiger partial charge in [0.15, 0.2) is 16.9 Å². The van der Waals surface area contributed by atoms with Gasteiger partial charge in [-0.15, -0.1) is 0 Å². The van der Waals surface area contributed by atoms with Crippen LogP contribution in [0, 0.1) is 0 Å². The maximum Gasteiger partial charge on any atom is 0.251 e. The van der Waals surface area contributed by atoms with Gasteiger partial charge in [0.1, 0.15) is 0 Å². The quantitative estimate of drug-likeness (QED) is 0.507. The Hall–Kier alpha value is -4.06. The average Bonchev–Trinajstić information content (AvgIpc) is 2.79. The number of ether oxygens (including phenoxy) is 1. The zero-order chi connectivity index (χ0) is 19.8. The molecule has 0 atom stereocenters. The third-order valence-corrected chi connectivity index (χ3v) is 4.82. The molecule has 0 amide bonds. The van der Waals surface area contributed by atoms with E-state index >= 15 is 0 Å². The molecule has 0 aliphatic carbocycles. The monoisotopic (exact) mass is 380 g/mol. The molecule has 3 aromatic heterocycles. The molecule has 0 radical (unpaired) electrons. The molecule has 5 rings (SSSR count). The number of rotatable bonds is 3. The third kappa shape index (κ3) is 2.91. The maximum absolute atomic E-state index is 12.7. The van der Waals surface area contributed by atoms with Crippen LogP contribution >= 0.6 is 0 Å². The second kappa shape index (κ2) is 6.83. The molecule has 1 N–H and O–H groups in total. The van der Waals surface area contributed by atoms with E-state index in [0.29, 0.717) is 17.0 Å². The fourth-order valence-electron chi connectivity index (χ4n) is 3.38. The van der Waals surface area contributed by atoms with Gasteiger partial charge in [-0.1, -0.05) is 42.5 Å². The average molecular weight is 380 g/mol. The minimum atomic E-state index is -0.294. The van der Waals surface area contributed by atoms with E-state index in [2.05, 4.69) is 9.97 Å². The van der Waals surface area contributed by atoms with Gasteiger partial charge in [0, 0.05) is 28.9 Å². The van der Waals surface area contributed by atoms with Crippen LogP contribution in [0.3, 0.4) is 0 Å². The molecule has 3 heterocycles. The Labute approximate surface area is 165 Å². The Morgan fingerprint density at radius 2 is 1.72 bits per heavy atom. The molecule has 0 aliphatic heterocycles. The van der Waals surface area contributed by atoms with E-state index in [9.17, 15) is 4.79 Å². The predicted octanol–water partition coefficient (Wildman–Crippen LogP) is 4.21. The van der Waals surface area contributed by atoms with Crippen molar-refractivity contribution in [2.24, 2.45) is 0 Å². The summed E-state index contributed by atoms with van der Waals surface area (Å²) in [5.74, 6) is 0.202. The first kappa shape index (κ1) is 17.1. The summed E-state index contributed by atoms with van der Waals surface area (Å²) in [6.07, 6.45) is 3.27. The maximum atomic E-state index is 12.7. The molecule has 0 saturated carbocycles. The van der Waals surface area contributed by atoms with Crippen molar-refractivity contribution in [3.63, 3.8) is 0 Å². The Bertz CT molecular complexity index is 1410. The van der Waals surface area contributed by atoms with Crippen molar-refractivity contribution in [3.05, 3.63) is 83.3 Å². The number of nitrogens with one attached hydrogen (secondary N) is 1. The van der Waals surface area contributed by atoms with E-state index in [1.54, 1.807) is 6.20 Å². The highest BCUT2D eigenvalue weighted by atomic mass is 16.5. The molecule has 5 aromatic rings. The van der Waals surface area contributed by atoms with Gasteiger partial charge in [-0.3, -0.25) is 9.78 Å². The Morgan fingerprint density at radius 1 is 0.897 bits per heavy atom. The highest BCUT2D eigenvalue weighted by molar-refractivity contribution is 5.89. The van der Waals surface area contributed by atoms with Crippen molar-refractivity contribution in [1.82, 2.24) is 19.9 Å². The number of benzene rings is 2. The first-order chi connectivity index (χ1) is 14.2. The minimum Gasteiger partial charge on any atom is -0.491 e. The lowest BCUT2D eigenvalue weighted by molar-refractivity contribution is 0.410. The zero-order valence-corrected chi connectivity index (χ0v) is 15.6. The third-order valence-electron chi connectivity index (χ3n) is 4.82. The summed E-state index contributed by atoms with van der Waals surface area (Å²) in [5.41, 5.74) is 4.37. The molecular weight excluding hydrogens is 364 g/mol. The number of aromatic nitrogens is 4. The van der Waals surface area contributed by atoms with Crippen LogP contribution in [0.4, 0.5) is 0 Å². The van der Waals surface area contributed by atoms with Crippen LogP contribution in [-0.2, 0) is 0 Å². The minimum absolute atomic E-state index is 0.202. The van der Waals surface area contributed by atoms with E-state index in [-0.39, 0.29) is 16.7 Å². The van der Waals surface area contributed by atoms with Crippen LogP contribution in [-0.4, -0.2) is 27.0 Å². The van der Waals surface area contributed by atoms with Gasteiger partial charge < -0.3 is 9.72 Å². The molecule has 0 fully saturated rings. The Kier molecular flexibility index (Phi) is 4.02. The SMILES string of the molecule is COc1c[nH]c2nc(-c3ccccc3)c(-c3ccc4ncccc4c3)nc2c1=O. The summed E-state index contributed by atoms with van der Waals surface area (Å²) < 4.78 is 5.15. The van der Waals surface area contributed by atoms with Crippen molar-refractivity contribution < 1.29 is 4.74 Å². The van der Waals surface area contributed by atoms with E-state index in [1.165, 1.54) is 13.3 Å². The predicted molar refractivity (Wildman–Crippen MR) is 113 cm³/mol. The number of hydrogen-bond acceptors (Lipinski definition) is 5. The van der Waals surface area contributed by atoms with Crippen molar-refractivity contribution >= 4 is 22.1 Å². The Morgan fingerprint density at radius 3 is 2.55 bits per heavy atom. The van der Waals surface area contributed by atoms with Crippen LogP contribution in [0.1, 0.15) is 0 Å². The zero-order valence-electron chi connectivity index (χ0n) is 15.6. The fourth-order valence-corrected chi connectivity index (χ4v) is 3.38. The molecular formula is C23H16N4O2. The lowest BCUT2D eigenvalue weighted by atomic mass is 10.0. The molecule has 140 valence electrons. The normalized spacial score (nSPS) is 11.1. The summed E-state index contributed by atoms with van der Waals surface area (Å²) in [6, 6.07) is 19.6. The number of fused-ring (bicyclic) bond motifs is 2. The van der Waals surface area contributed by atoms with Crippen molar-refractivity contribution in [2.75, 3.05) is 7.11 Å². The van der Waals surface area contributed by atoms with Gasteiger partial charge in [0.2, 0.25) is 0 Å². The second-order valence-corrected chi connectivity index (χ2v) is 6.58. The summed E-state index contributed by atoms with van der Waals surface area (Å²) >= 11 is 0. The van der Waals surface area contributed by atoms with Crippen LogP contribution in [0.2, 0.25) is 0 Å². The van der Waals surface area contributed by atoms with Gasteiger partial charge in [-0.25, -0.2) is 9.97 Å². The molecule has 29 heavy (non-hydrogen) atoms. The lowest BCUT2D eigenvalue weighted by Crippen LogP contribution is -2.10. The number of methoxy groups -OCH3 is 1. The van der Waals surface area contributed by atoms with Crippen LogP contribution in [0.15, 0.2) is 77.9 Å². The number of aromatic amines is 1. The van der Waals surface area contributed by atoms with E-state index in [0.717, 1.165) is 22.0 Å². The molecule has 0 bridgehead atoms. The van der Waals surface area contributed by atoms with Gasteiger partial charge in [-0.05, 0) is 18.2 Å².